The molecule has 0 N–H and O–H groups in total. The van der Waals surface area contributed by atoms with E-state index in [9.17, 15) is 0 Å². The van der Waals surface area contributed by atoms with E-state index in [0.29, 0.717) is 6.61 Å². The third kappa shape index (κ3) is 4.18. The van der Waals surface area contributed by atoms with E-state index in [4.69, 9.17) is 14.2 Å². The van der Waals surface area contributed by atoms with Gasteiger partial charge in [0.25, 0.3) is 0 Å². The third-order valence-electron chi connectivity index (χ3n) is 3.37. The SMILES string of the molecule is COC1CN(CCOc2cccc(Br)c2)CC1OC. The third-order valence-corrected chi connectivity index (χ3v) is 3.86. The first kappa shape index (κ1) is 14.8. The Bertz CT molecular complexity index is 390. The molecule has 1 fully saturated rings. The zero-order valence-corrected chi connectivity index (χ0v) is 12.9. The lowest BCUT2D eigenvalue weighted by Gasteiger charge is -2.15. The van der Waals surface area contributed by atoms with Crippen molar-refractivity contribution in [2.45, 2.75) is 12.2 Å². The Morgan fingerprint density at radius 3 is 2.47 bits per heavy atom. The van der Waals surface area contributed by atoms with E-state index in [1.54, 1.807) is 14.2 Å². The minimum absolute atomic E-state index is 0.163. The van der Waals surface area contributed by atoms with Crippen LogP contribution in [0.3, 0.4) is 0 Å². The van der Waals surface area contributed by atoms with E-state index < -0.39 is 0 Å². The van der Waals surface area contributed by atoms with Gasteiger partial charge in [-0.15, -0.1) is 0 Å². The molecule has 1 heterocycles. The maximum Gasteiger partial charge on any atom is 0.120 e. The highest BCUT2D eigenvalue weighted by Gasteiger charge is 2.32. The van der Waals surface area contributed by atoms with Gasteiger partial charge in [-0.25, -0.2) is 0 Å². The summed E-state index contributed by atoms with van der Waals surface area (Å²) in [4.78, 5) is 2.31. The Balaban J connectivity index is 1.75. The molecule has 2 rings (SSSR count). The molecule has 0 aliphatic carbocycles. The predicted molar refractivity (Wildman–Crippen MR) is 77.7 cm³/mol. The molecule has 5 heteroatoms. The van der Waals surface area contributed by atoms with Crippen LogP contribution in [0.25, 0.3) is 0 Å². The van der Waals surface area contributed by atoms with Gasteiger partial charge in [0.05, 0.1) is 12.2 Å². The van der Waals surface area contributed by atoms with Crippen molar-refractivity contribution in [3.8, 4) is 5.75 Å². The normalized spacial score (nSPS) is 23.7. The Kier molecular flexibility index (Phi) is 5.63. The summed E-state index contributed by atoms with van der Waals surface area (Å²) < 4.78 is 17.6. The Hall–Kier alpha value is -0.620. The fourth-order valence-electron chi connectivity index (χ4n) is 2.30. The zero-order chi connectivity index (χ0) is 13.7. The minimum Gasteiger partial charge on any atom is -0.492 e. The Morgan fingerprint density at radius 1 is 1.21 bits per heavy atom. The molecule has 0 aromatic heterocycles. The molecule has 106 valence electrons. The van der Waals surface area contributed by atoms with E-state index in [2.05, 4.69) is 20.8 Å². The second kappa shape index (κ2) is 7.24. The fourth-order valence-corrected chi connectivity index (χ4v) is 2.68. The van der Waals surface area contributed by atoms with Crippen LogP contribution in [-0.2, 0) is 9.47 Å². The number of ether oxygens (including phenoxy) is 3. The van der Waals surface area contributed by atoms with E-state index in [-0.39, 0.29) is 12.2 Å². The van der Waals surface area contributed by atoms with Crippen LogP contribution in [0.4, 0.5) is 0 Å². The van der Waals surface area contributed by atoms with Crippen molar-refractivity contribution in [1.82, 2.24) is 4.90 Å². The van der Waals surface area contributed by atoms with Gasteiger partial charge < -0.3 is 14.2 Å². The standard InChI is InChI=1S/C14H20BrNO3/c1-17-13-9-16(10-14(13)18-2)6-7-19-12-5-3-4-11(15)8-12/h3-5,8,13-14H,6-7,9-10H2,1-2H3. The summed E-state index contributed by atoms with van der Waals surface area (Å²) in [5.41, 5.74) is 0. The molecule has 1 saturated heterocycles. The molecule has 0 bridgehead atoms. The summed E-state index contributed by atoms with van der Waals surface area (Å²) >= 11 is 3.43. The Morgan fingerprint density at radius 2 is 1.89 bits per heavy atom. The quantitative estimate of drug-likeness (QED) is 0.800. The summed E-state index contributed by atoms with van der Waals surface area (Å²) in [5, 5.41) is 0. The average molecular weight is 330 g/mol. The molecular weight excluding hydrogens is 310 g/mol. The molecule has 0 saturated carbocycles. The molecule has 1 aromatic carbocycles. The van der Waals surface area contributed by atoms with E-state index in [0.717, 1.165) is 29.9 Å². The van der Waals surface area contributed by atoms with Crippen molar-refractivity contribution >= 4 is 15.9 Å². The molecular formula is C14H20BrNO3. The zero-order valence-electron chi connectivity index (χ0n) is 11.3. The van der Waals surface area contributed by atoms with Crippen LogP contribution < -0.4 is 4.74 Å². The van der Waals surface area contributed by atoms with Crippen LogP contribution in [0, 0.1) is 0 Å². The summed E-state index contributed by atoms with van der Waals surface area (Å²) in [6.07, 6.45) is 0.326. The van der Waals surface area contributed by atoms with E-state index in [1.165, 1.54) is 0 Å². The van der Waals surface area contributed by atoms with Gasteiger partial charge in [-0.05, 0) is 18.2 Å². The largest absolute Gasteiger partial charge is 0.492 e. The molecule has 0 spiro atoms. The number of hydrogen-bond acceptors (Lipinski definition) is 4. The topological polar surface area (TPSA) is 30.9 Å². The van der Waals surface area contributed by atoms with Crippen molar-refractivity contribution in [1.29, 1.82) is 0 Å². The van der Waals surface area contributed by atoms with Crippen molar-refractivity contribution in [3.05, 3.63) is 28.7 Å². The highest BCUT2D eigenvalue weighted by Crippen LogP contribution is 2.18. The first-order valence-electron chi connectivity index (χ1n) is 6.39. The first-order chi connectivity index (χ1) is 9.22. The van der Waals surface area contributed by atoms with Crippen LogP contribution in [0.15, 0.2) is 28.7 Å². The number of halogens is 1. The predicted octanol–water partition coefficient (Wildman–Crippen LogP) is 2.17. The molecule has 0 radical (unpaired) electrons. The van der Waals surface area contributed by atoms with Crippen LogP contribution in [0.1, 0.15) is 0 Å². The summed E-state index contributed by atoms with van der Waals surface area (Å²) in [6, 6.07) is 7.89. The molecule has 1 aromatic rings. The lowest BCUT2D eigenvalue weighted by Crippen LogP contribution is -2.27. The van der Waals surface area contributed by atoms with Gasteiger partial charge in [0.1, 0.15) is 12.4 Å². The van der Waals surface area contributed by atoms with Gasteiger partial charge in [-0.2, -0.15) is 0 Å². The monoisotopic (exact) mass is 329 g/mol. The molecule has 2 unspecified atom stereocenters. The van der Waals surface area contributed by atoms with Crippen molar-refractivity contribution in [3.63, 3.8) is 0 Å². The molecule has 1 aliphatic rings. The van der Waals surface area contributed by atoms with Gasteiger partial charge >= 0.3 is 0 Å². The molecule has 2 atom stereocenters. The van der Waals surface area contributed by atoms with Gasteiger partial charge in [0.15, 0.2) is 0 Å². The van der Waals surface area contributed by atoms with Gasteiger partial charge in [0, 0.05) is 38.3 Å². The number of methoxy groups -OCH3 is 2. The lowest BCUT2D eigenvalue weighted by atomic mass is 10.3. The number of benzene rings is 1. The number of rotatable bonds is 6. The molecule has 0 amide bonds. The number of nitrogens with zero attached hydrogens (tertiary/aromatic N) is 1. The van der Waals surface area contributed by atoms with Gasteiger partial charge in [-0.3, -0.25) is 4.90 Å². The van der Waals surface area contributed by atoms with Crippen molar-refractivity contribution in [2.24, 2.45) is 0 Å². The van der Waals surface area contributed by atoms with E-state index >= 15 is 0 Å². The maximum absolute atomic E-state index is 5.73. The van der Waals surface area contributed by atoms with Crippen molar-refractivity contribution < 1.29 is 14.2 Å². The smallest absolute Gasteiger partial charge is 0.120 e. The van der Waals surface area contributed by atoms with Crippen molar-refractivity contribution in [2.75, 3.05) is 40.5 Å². The summed E-state index contributed by atoms with van der Waals surface area (Å²) in [7, 11) is 3.47. The second-order valence-corrected chi connectivity index (χ2v) is 5.53. The van der Waals surface area contributed by atoms with Crippen LogP contribution in [0.2, 0.25) is 0 Å². The maximum atomic E-state index is 5.73. The van der Waals surface area contributed by atoms with Crippen LogP contribution >= 0.6 is 15.9 Å². The number of hydrogen-bond donors (Lipinski definition) is 0. The minimum atomic E-state index is 0.163. The fraction of sp³-hybridized carbons (Fsp3) is 0.571. The average Bonchev–Trinajstić information content (AvgIpc) is 2.81. The lowest BCUT2D eigenvalue weighted by molar-refractivity contribution is -0.00461. The van der Waals surface area contributed by atoms with Crippen LogP contribution in [0.5, 0.6) is 5.75 Å². The Labute approximate surface area is 122 Å². The second-order valence-electron chi connectivity index (χ2n) is 4.61. The number of likely N-dealkylation sites (tertiary alicyclic amines) is 1. The van der Waals surface area contributed by atoms with Gasteiger partial charge in [-0.1, -0.05) is 22.0 Å². The molecule has 19 heavy (non-hydrogen) atoms. The summed E-state index contributed by atoms with van der Waals surface area (Å²) in [5.74, 6) is 0.889. The molecule has 4 nitrogen and oxygen atoms in total. The molecule has 1 aliphatic heterocycles. The summed E-state index contributed by atoms with van der Waals surface area (Å²) in [6.45, 7) is 3.35. The first-order valence-corrected chi connectivity index (χ1v) is 7.18. The highest BCUT2D eigenvalue weighted by atomic mass is 79.9. The highest BCUT2D eigenvalue weighted by molar-refractivity contribution is 9.10. The van der Waals surface area contributed by atoms with Gasteiger partial charge in [0.2, 0.25) is 0 Å². The van der Waals surface area contributed by atoms with Crippen LogP contribution in [-0.4, -0.2) is 57.6 Å². The van der Waals surface area contributed by atoms with E-state index in [1.807, 2.05) is 24.3 Å².